The molecule has 0 amide bonds. The lowest BCUT2D eigenvalue weighted by Crippen LogP contribution is -2.43. The van der Waals surface area contributed by atoms with Crippen LogP contribution in [0, 0.1) is 6.92 Å². The average Bonchev–Trinajstić information content (AvgIpc) is 2.76. The molecule has 17 heavy (non-hydrogen) atoms. The highest BCUT2D eigenvalue weighted by molar-refractivity contribution is 5.03. The first-order chi connectivity index (χ1) is 8.27. The second kappa shape index (κ2) is 6.12. The number of rotatable bonds is 5. The van der Waals surface area contributed by atoms with Crippen molar-refractivity contribution >= 4 is 0 Å². The fourth-order valence-corrected chi connectivity index (χ4v) is 2.30. The maximum Gasteiger partial charge on any atom is 0.121 e. The average molecular weight is 238 g/mol. The maximum absolute atomic E-state index is 4.67. The predicted octanol–water partition coefficient (Wildman–Crippen LogP) is 1.34. The number of nitrogens with one attached hydrogen (secondary N) is 1. The number of likely N-dealkylation sites (tertiary alicyclic amines) is 1. The van der Waals surface area contributed by atoms with Gasteiger partial charge in [0.15, 0.2) is 0 Å². The molecule has 0 aliphatic carbocycles. The van der Waals surface area contributed by atoms with Gasteiger partial charge in [0.2, 0.25) is 0 Å². The first-order valence-electron chi connectivity index (χ1n) is 6.50. The van der Waals surface area contributed by atoms with Crippen LogP contribution in [0.3, 0.4) is 0 Å². The molecule has 0 aromatic carbocycles. The largest absolute Gasteiger partial charge is 0.309 e. The molecule has 2 rings (SSSR count). The van der Waals surface area contributed by atoms with E-state index in [4.69, 9.17) is 0 Å². The van der Waals surface area contributed by atoms with Gasteiger partial charge in [-0.15, -0.1) is 0 Å². The van der Waals surface area contributed by atoms with E-state index in [1.54, 1.807) is 0 Å². The molecule has 1 fully saturated rings. The summed E-state index contributed by atoms with van der Waals surface area (Å²) < 4.78 is 4.67. The highest BCUT2D eigenvalue weighted by Gasteiger charge is 2.16. The summed E-state index contributed by atoms with van der Waals surface area (Å²) in [5.74, 6) is 0. The molecule has 1 N–H and O–H groups in total. The van der Waals surface area contributed by atoms with Crippen LogP contribution in [-0.4, -0.2) is 40.9 Å². The second-order valence-electron chi connectivity index (χ2n) is 4.87. The van der Waals surface area contributed by atoms with E-state index in [-0.39, 0.29) is 0 Å². The van der Waals surface area contributed by atoms with Crippen molar-refractivity contribution in [1.82, 2.24) is 20.5 Å². The van der Waals surface area contributed by atoms with E-state index >= 15 is 0 Å². The second-order valence-corrected chi connectivity index (χ2v) is 4.87. The van der Waals surface area contributed by atoms with Gasteiger partial charge < -0.3 is 5.32 Å². The van der Waals surface area contributed by atoms with Gasteiger partial charge in [-0.3, -0.25) is 4.90 Å². The minimum Gasteiger partial charge on any atom is -0.309 e. The molecule has 96 valence electrons. The van der Waals surface area contributed by atoms with E-state index in [0.717, 1.165) is 24.5 Å². The van der Waals surface area contributed by atoms with Crippen LogP contribution in [0.25, 0.3) is 0 Å². The van der Waals surface area contributed by atoms with Crippen molar-refractivity contribution in [3.05, 3.63) is 11.4 Å². The van der Waals surface area contributed by atoms with Crippen molar-refractivity contribution in [2.75, 3.05) is 19.6 Å². The Labute approximate surface area is 103 Å². The van der Waals surface area contributed by atoms with Crippen molar-refractivity contribution in [3.8, 4) is 0 Å². The van der Waals surface area contributed by atoms with Crippen LogP contribution in [0.15, 0.2) is 4.63 Å². The molecule has 1 aromatic heterocycles. The van der Waals surface area contributed by atoms with E-state index in [1.807, 2.05) is 6.92 Å². The van der Waals surface area contributed by atoms with Crippen LogP contribution in [0.1, 0.15) is 37.6 Å². The van der Waals surface area contributed by atoms with Gasteiger partial charge in [-0.25, -0.2) is 4.63 Å². The number of nitrogens with zero attached hydrogens (tertiary/aromatic N) is 3. The molecular formula is C12H22N4O. The Morgan fingerprint density at radius 1 is 1.29 bits per heavy atom. The monoisotopic (exact) mass is 238 g/mol. The summed E-state index contributed by atoms with van der Waals surface area (Å²) in [6.45, 7) is 8.42. The lowest BCUT2D eigenvalue weighted by molar-refractivity contribution is 0.170. The van der Waals surface area contributed by atoms with E-state index in [1.165, 1.54) is 32.4 Å². The Kier molecular flexibility index (Phi) is 4.50. The lowest BCUT2D eigenvalue weighted by Gasteiger charge is -2.32. The van der Waals surface area contributed by atoms with Gasteiger partial charge in [0, 0.05) is 19.1 Å². The summed E-state index contributed by atoms with van der Waals surface area (Å²) >= 11 is 0. The van der Waals surface area contributed by atoms with Gasteiger partial charge in [0.1, 0.15) is 11.4 Å². The molecule has 0 saturated carbocycles. The first-order valence-corrected chi connectivity index (χ1v) is 6.50. The molecule has 1 unspecified atom stereocenters. The van der Waals surface area contributed by atoms with Crippen LogP contribution in [-0.2, 0) is 6.54 Å². The van der Waals surface area contributed by atoms with Gasteiger partial charge in [-0.1, -0.05) is 16.7 Å². The van der Waals surface area contributed by atoms with Crippen LogP contribution >= 0.6 is 0 Å². The zero-order valence-electron chi connectivity index (χ0n) is 10.8. The number of hydrogen-bond acceptors (Lipinski definition) is 5. The molecule has 2 heterocycles. The third kappa shape index (κ3) is 3.51. The maximum atomic E-state index is 4.67. The minimum atomic E-state index is 0.593. The predicted molar refractivity (Wildman–Crippen MR) is 65.6 cm³/mol. The molecular weight excluding hydrogens is 216 g/mol. The molecule has 1 atom stereocenters. The fraction of sp³-hybridized carbons (Fsp3) is 0.833. The molecule has 1 aromatic rings. The Morgan fingerprint density at radius 3 is 2.71 bits per heavy atom. The number of aromatic nitrogens is 2. The van der Waals surface area contributed by atoms with Crippen LogP contribution in [0.5, 0.6) is 0 Å². The zero-order chi connectivity index (χ0) is 12.1. The number of hydrogen-bond donors (Lipinski definition) is 1. The van der Waals surface area contributed by atoms with Crippen LogP contribution in [0.4, 0.5) is 0 Å². The summed E-state index contributed by atoms with van der Waals surface area (Å²) in [6, 6.07) is 0.593. The van der Waals surface area contributed by atoms with E-state index in [9.17, 15) is 0 Å². The molecule has 1 saturated heterocycles. The Bertz CT molecular complexity index is 333. The summed E-state index contributed by atoms with van der Waals surface area (Å²) in [7, 11) is 0. The molecule has 0 radical (unpaired) electrons. The lowest BCUT2D eigenvalue weighted by atomic mass is 10.1. The van der Waals surface area contributed by atoms with Gasteiger partial charge in [-0.05, 0) is 39.8 Å². The zero-order valence-corrected chi connectivity index (χ0v) is 10.8. The summed E-state index contributed by atoms with van der Waals surface area (Å²) in [4.78, 5) is 2.56. The van der Waals surface area contributed by atoms with Crippen LogP contribution < -0.4 is 5.32 Å². The number of piperidine rings is 1. The minimum absolute atomic E-state index is 0.593. The summed E-state index contributed by atoms with van der Waals surface area (Å²) in [5, 5.41) is 11.1. The molecule has 5 nitrogen and oxygen atoms in total. The fourth-order valence-electron chi connectivity index (χ4n) is 2.30. The van der Waals surface area contributed by atoms with Gasteiger partial charge in [0.05, 0.1) is 0 Å². The van der Waals surface area contributed by atoms with Gasteiger partial charge >= 0.3 is 0 Å². The highest BCUT2D eigenvalue weighted by Crippen LogP contribution is 2.11. The van der Waals surface area contributed by atoms with E-state index < -0.39 is 0 Å². The Balaban J connectivity index is 1.69. The van der Waals surface area contributed by atoms with Crippen LogP contribution in [0.2, 0.25) is 0 Å². The first kappa shape index (κ1) is 12.5. The third-order valence-corrected chi connectivity index (χ3v) is 3.49. The Hall–Kier alpha value is -0.940. The SMILES string of the molecule is Cc1nonc1CNCC(C)N1CCCCC1. The molecule has 0 spiro atoms. The van der Waals surface area contributed by atoms with Crippen molar-refractivity contribution in [2.45, 2.75) is 45.7 Å². The molecule has 1 aliphatic heterocycles. The molecule has 0 bridgehead atoms. The van der Waals surface area contributed by atoms with Crippen molar-refractivity contribution < 1.29 is 4.63 Å². The van der Waals surface area contributed by atoms with Crippen molar-refractivity contribution in [1.29, 1.82) is 0 Å². The topological polar surface area (TPSA) is 54.2 Å². The molecule has 1 aliphatic rings. The Morgan fingerprint density at radius 2 is 2.06 bits per heavy atom. The summed E-state index contributed by atoms with van der Waals surface area (Å²) in [5.41, 5.74) is 1.79. The third-order valence-electron chi connectivity index (χ3n) is 3.49. The van der Waals surface area contributed by atoms with Crippen molar-refractivity contribution in [2.24, 2.45) is 0 Å². The molecule has 5 heteroatoms. The normalized spacial score (nSPS) is 19.4. The highest BCUT2D eigenvalue weighted by atomic mass is 16.6. The summed E-state index contributed by atoms with van der Waals surface area (Å²) in [6.07, 6.45) is 4.08. The van der Waals surface area contributed by atoms with E-state index in [2.05, 4.69) is 32.1 Å². The standard InChI is InChI=1S/C12H22N4O/c1-10(16-6-4-3-5-7-16)8-13-9-12-11(2)14-17-15-12/h10,13H,3-9H2,1-2H3. The quantitative estimate of drug-likeness (QED) is 0.839. The van der Waals surface area contributed by atoms with Gasteiger partial charge in [0.25, 0.3) is 0 Å². The van der Waals surface area contributed by atoms with E-state index in [0.29, 0.717) is 6.04 Å². The van der Waals surface area contributed by atoms with Crippen molar-refractivity contribution in [3.63, 3.8) is 0 Å². The van der Waals surface area contributed by atoms with Gasteiger partial charge in [-0.2, -0.15) is 0 Å². The number of aryl methyl sites for hydroxylation is 1. The smallest absolute Gasteiger partial charge is 0.121 e.